The summed E-state index contributed by atoms with van der Waals surface area (Å²) < 4.78 is 13.1. The van der Waals surface area contributed by atoms with E-state index in [-0.39, 0.29) is 5.91 Å². The molecule has 1 aromatic carbocycles. The quantitative estimate of drug-likeness (QED) is 0.470. The first-order valence-corrected chi connectivity index (χ1v) is 9.64. The summed E-state index contributed by atoms with van der Waals surface area (Å²) in [5, 5.41) is 6.85. The molecule has 0 radical (unpaired) electrons. The molecule has 156 valence electrons. The molecule has 0 aliphatic carbocycles. The molecule has 3 aromatic heterocycles. The summed E-state index contributed by atoms with van der Waals surface area (Å²) in [6, 6.07) is 12.3. The Hall–Kier alpha value is -4.27. The molecule has 9 nitrogen and oxygen atoms in total. The molecule has 1 amide bonds. The number of amides is 1. The molecular formula is C22H20N6O3. The molecule has 0 unspecified atom stereocenters. The van der Waals surface area contributed by atoms with Crippen LogP contribution in [-0.4, -0.2) is 37.2 Å². The molecule has 0 fully saturated rings. The minimum absolute atomic E-state index is 0.282. The fourth-order valence-electron chi connectivity index (χ4n) is 2.81. The van der Waals surface area contributed by atoms with Gasteiger partial charge < -0.3 is 14.8 Å². The van der Waals surface area contributed by atoms with E-state index in [1.54, 1.807) is 55.2 Å². The first-order chi connectivity index (χ1) is 15.2. The van der Waals surface area contributed by atoms with E-state index >= 15 is 0 Å². The maximum absolute atomic E-state index is 12.7. The van der Waals surface area contributed by atoms with Crippen LogP contribution < -0.4 is 14.8 Å². The third-order valence-electron chi connectivity index (χ3n) is 4.28. The van der Waals surface area contributed by atoms with E-state index in [0.717, 1.165) is 5.56 Å². The van der Waals surface area contributed by atoms with Gasteiger partial charge in [0.05, 0.1) is 18.5 Å². The van der Waals surface area contributed by atoms with Crippen LogP contribution in [0.15, 0.2) is 73.7 Å². The number of rotatable bonds is 8. The molecule has 4 rings (SSSR count). The van der Waals surface area contributed by atoms with Crippen molar-refractivity contribution in [3.05, 3.63) is 84.8 Å². The maximum Gasteiger partial charge on any atom is 0.255 e. The molecule has 0 spiro atoms. The van der Waals surface area contributed by atoms with Gasteiger partial charge in [0.1, 0.15) is 19.3 Å². The average molecular weight is 416 g/mol. The van der Waals surface area contributed by atoms with E-state index in [1.165, 1.54) is 11.0 Å². The second kappa shape index (κ2) is 9.49. The number of hydrogen-bond acceptors (Lipinski definition) is 7. The minimum atomic E-state index is -0.282. The number of anilines is 1. The van der Waals surface area contributed by atoms with Gasteiger partial charge in [0.25, 0.3) is 5.91 Å². The summed E-state index contributed by atoms with van der Waals surface area (Å²) in [6.07, 6.45) is 7.99. The van der Waals surface area contributed by atoms with Gasteiger partial charge in [0.15, 0.2) is 17.3 Å². The predicted molar refractivity (Wildman–Crippen MR) is 113 cm³/mol. The molecule has 0 bridgehead atoms. The molecule has 4 aromatic rings. The van der Waals surface area contributed by atoms with Crippen molar-refractivity contribution in [3.63, 3.8) is 0 Å². The molecule has 3 heterocycles. The van der Waals surface area contributed by atoms with E-state index in [2.05, 4.69) is 25.4 Å². The van der Waals surface area contributed by atoms with Gasteiger partial charge in [-0.2, -0.15) is 5.10 Å². The van der Waals surface area contributed by atoms with Crippen LogP contribution in [0.2, 0.25) is 0 Å². The van der Waals surface area contributed by atoms with Crippen molar-refractivity contribution in [2.75, 3.05) is 11.9 Å². The normalized spacial score (nSPS) is 10.5. The highest BCUT2D eigenvalue weighted by Crippen LogP contribution is 2.29. The number of carbonyl (C=O) groups is 1. The van der Waals surface area contributed by atoms with Crippen LogP contribution in [0.25, 0.3) is 5.82 Å². The smallest absolute Gasteiger partial charge is 0.255 e. The molecular weight excluding hydrogens is 396 g/mol. The summed E-state index contributed by atoms with van der Waals surface area (Å²) in [6.45, 7) is 2.67. The first kappa shape index (κ1) is 20.0. The van der Waals surface area contributed by atoms with Gasteiger partial charge in [0, 0.05) is 23.5 Å². The highest BCUT2D eigenvalue weighted by atomic mass is 16.5. The van der Waals surface area contributed by atoms with E-state index in [1.807, 2.05) is 19.1 Å². The molecule has 31 heavy (non-hydrogen) atoms. The van der Waals surface area contributed by atoms with Gasteiger partial charge in [-0.15, -0.1) is 0 Å². The second-order valence-electron chi connectivity index (χ2n) is 6.44. The molecule has 0 aliphatic rings. The lowest BCUT2D eigenvalue weighted by atomic mass is 10.2. The van der Waals surface area contributed by atoms with Gasteiger partial charge in [0.2, 0.25) is 0 Å². The lowest BCUT2D eigenvalue weighted by Gasteiger charge is -2.13. The number of nitrogens with one attached hydrogen (secondary N) is 1. The fraction of sp³-hybridized carbons (Fsp3) is 0.136. The SMILES string of the molecule is CCOc1cc(C(=O)Nc2ccc(-n3cncn3)nc2)ccc1OCc1cccnc1. The first-order valence-electron chi connectivity index (χ1n) is 9.64. The summed E-state index contributed by atoms with van der Waals surface area (Å²) in [5.74, 6) is 1.37. The fourth-order valence-corrected chi connectivity index (χ4v) is 2.81. The zero-order valence-electron chi connectivity index (χ0n) is 16.8. The second-order valence-corrected chi connectivity index (χ2v) is 6.44. The minimum Gasteiger partial charge on any atom is -0.490 e. The van der Waals surface area contributed by atoms with Crippen LogP contribution in [0.1, 0.15) is 22.8 Å². The number of benzene rings is 1. The number of nitrogens with zero attached hydrogens (tertiary/aromatic N) is 5. The Labute approximate surface area is 178 Å². The van der Waals surface area contributed by atoms with Crippen molar-refractivity contribution in [1.29, 1.82) is 0 Å². The molecule has 0 aliphatic heterocycles. The van der Waals surface area contributed by atoms with E-state index in [4.69, 9.17) is 9.47 Å². The number of ether oxygens (including phenoxy) is 2. The Morgan fingerprint density at radius 2 is 2.00 bits per heavy atom. The van der Waals surface area contributed by atoms with Gasteiger partial charge in [-0.25, -0.2) is 14.6 Å². The van der Waals surface area contributed by atoms with Crippen molar-refractivity contribution in [1.82, 2.24) is 24.7 Å². The number of aromatic nitrogens is 5. The van der Waals surface area contributed by atoms with Crippen LogP contribution in [0.3, 0.4) is 0 Å². The monoisotopic (exact) mass is 416 g/mol. The molecule has 9 heteroatoms. The van der Waals surface area contributed by atoms with Crippen molar-refractivity contribution >= 4 is 11.6 Å². The lowest BCUT2D eigenvalue weighted by molar-refractivity contribution is 0.102. The Morgan fingerprint density at radius 3 is 2.71 bits per heavy atom. The van der Waals surface area contributed by atoms with Gasteiger partial charge in [-0.05, 0) is 43.3 Å². The third kappa shape index (κ3) is 5.02. The van der Waals surface area contributed by atoms with Gasteiger partial charge in [-0.1, -0.05) is 6.07 Å². The van der Waals surface area contributed by atoms with Gasteiger partial charge in [-0.3, -0.25) is 9.78 Å². The Balaban J connectivity index is 1.45. The topological polar surface area (TPSA) is 104 Å². The molecule has 0 saturated carbocycles. The van der Waals surface area contributed by atoms with Crippen LogP contribution in [0.4, 0.5) is 5.69 Å². The highest BCUT2D eigenvalue weighted by Gasteiger charge is 2.13. The van der Waals surface area contributed by atoms with Crippen LogP contribution in [-0.2, 0) is 6.61 Å². The molecule has 0 saturated heterocycles. The maximum atomic E-state index is 12.7. The summed E-state index contributed by atoms with van der Waals surface area (Å²) in [4.78, 5) is 24.9. The zero-order chi connectivity index (χ0) is 21.5. The van der Waals surface area contributed by atoms with Gasteiger partial charge >= 0.3 is 0 Å². The summed E-state index contributed by atoms with van der Waals surface area (Å²) >= 11 is 0. The highest BCUT2D eigenvalue weighted by molar-refractivity contribution is 6.04. The van der Waals surface area contributed by atoms with Crippen molar-refractivity contribution in [2.45, 2.75) is 13.5 Å². The standard InChI is InChI=1S/C22H20N6O3/c1-2-30-20-10-17(5-7-19(20)31-13-16-4-3-9-23-11-16)22(29)27-18-6-8-21(25-12-18)28-15-24-14-26-28/h3-12,14-15H,2,13H2,1H3,(H,27,29). The van der Waals surface area contributed by atoms with Crippen molar-refractivity contribution in [2.24, 2.45) is 0 Å². The van der Waals surface area contributed by atoms with E-state index < -0.39 is 0 Å². The lowest BCUT2D eigenvalue weighted by Crippen LogP contribution is -2.13. The number of pyridine rings is 2. The predicted octanol–water partition coefficient (Wildman–Crippen LogP) is 3.29. The Kier molecular flexibility index (Phi) is 6.13. The Bertz CT molecular complexity index is 1130. The van der Waals surface area contributed by atoms with Crippen molar-refractivity contribution < 1.29 is 14.3 Å². The van der Waals surface area contributed by atoms with Crippen LogP contribution >= 0.6 is 0 Å². The van der Waals surface area contributed by atoms with E-state index in [0.29, 0.717) is 41.8 Å². The summed E-state index contributed by atoms with van der Waals surface area (Å²) in [7, 11) is 0. The zero-order valence-corrected chi connectivity index (χ0v) is 16.8. The third-order valence-corrected chi connectivity index (χ3v) is 4.28. The molecule has 0 atom stereocenters. The summed E-state index contributed by atoms with van der Waals surface area (Å²) in [5.41, 5.74) is 1.94. The van der Waals surface area contributed by atoms with Crippen LogP contribution in [0.5, 0.6) is 11.5 Å². The Morgan fingerprint density at radius 1 is 1.06 bits per heavy atom. The average Bonchev–Trinajstić information content (AvgIpc) is 3.34. The van der Waals surface area contributed by atoms with Crippen molar-refractivity contribution in [3.8, 4) is 17.3 Å². The van der Waals surface area contributed by atoms with Crippen LogP contribution in [0, 0.1) is 0 Å². The largest absolute Gasteiger partial charge is 0.490 e. The molecule has 1 N–H and O–H groups in total. The van der Waals surface area contributed by atoms with E-state index in [9.17, 15) is 4.79 Å². The number of hydrogen-bond donors (Lipinski definition) is 1. The number of carbonyl (C=O) groups excluding carboxylic acids is 1.